The fourth-order valence-electron chi connectivity index (χ4n) is 2.79. The third kappa shape index (κ3) is 1.99. The first-order chi connectivity index (χ1) is 8.18. The molecule has 3 rings (SSSR count). The monoisotopic (exact) mass is 232 g/mol. The van der Waals surface area contributed by atoms with E-state index in [0.29, 0.717) is 11.5 Å². The topological polar surface area (TPSA) is 47.3 Å². The van der Waals surface area contributed by atoms with Gasteiger partial charge in [0.2, 0.25) is 0 Å². The molecule has 1 saturated heterocycles. The quantitative estimate of drug-likeness (QED) is 0.834. The van der Waals surface area contributed by atoms with E-state index in [4.69, 9.17) is 10.5 Å². The lowest BCUT2D eigenvalue weighted by Gasteiger charge is -2.39. The Morgan fingerprint density at radius 2 is 2.06 bits per heavy atom. The van der Waals surface area contributed by atoms with Crippen LogP contribution in [0.2, 0.25) is 0 Å². The molecule has 0 amide bonds. The second-order valence-corrected chi connectivity index (χ2v) is 5.71. The zero-order valence-corrected chi connectivity index (χ0v) is 10.3. The second kappa shape index (κ2) is 4.09. The lowest BCUT2D eigenvalue weighted by Crippen LogP contribution is -2.47. The lowest BCUT2D eigenvalue weighted by atomic mass is 9.88. The summed E-state index contributed by atoms with van der Waals surface area (Å²) < 4.78 is 5.28. The molecule has 3 N–H and O–H groups in total. The minimum atomic E-state index is 0.189. The van der Waals surface area contributed by atoms with Crippen LogP contribution in [0, 0.1) is 5.41 Å². The third-order valence-corrected chi connectivity index (χ3v) is 3.94. The molecule has 17 heavy (non-hydrogen) atoms. The third-order valence-electron chi connectivity index (χ3n) is 3.94. The smallest absolute Gasteiger partial charge is 0.0554 e. The molecule has 2 unspecified atom stereocenters. The Kier molecular flexibility index (Phi) is 2.69. The number of benzene rings is 1. The molecule has 1 aliphatic carbocycles. The van der Waals surface area contributed by atoms with Gasteiger partial charge in [0.05, 0.1) is 13.2 Å². The molecule has 0 bridgehead atoms. The van der Waals surface area contributed by atoms with Gasteiger partial charge in [-0.15, -0.1) is 0 Å². The molecule has 0 radical (unpaired) electrons. The van der Waals surface area contributed by atoms with Gasteiger partial charge in [-0.05, 0) is 17.5 Å². The maximum Gasteiger partial charge on any atom is 0.0554 e. The van der Waals surface area contributed by atoms with E-state index >= 15 is 0 Å². The van der Waals surface area contributed by atoms with Crippen LogP contribution in [0.5, 0.6) is 0 Å². The zero-order valence-electron chi connectivity index (χ0n) is 10.3. The van der Waals surface area contributed by atoms with Gasteiger partial charge in [-0.25, -0.2) is 0 Å². The van der Waals surface area contributed by atoms with Crippen molar-refractivity contribution in [1.82, 2.24) is 5.32 Å². The lowest BCUT2D eigenvalue weighted by molar-refractivity contribution is -0.100. The maximum absolute atomic E-state index is 6.16. The largest absolute Gasteiger partial charge is 0.380 e. The van der Waals surface area contributed by atoms with Gasteiger partial charge in [0.1, 0.15) is 0 Å². The zero-order chi connectivity index (χ0) is 11.9. The second-order valence-electron chi connectivity index (χ2n) is 5.71. The Labute approximate surface area is 102 Å². The molecule has 0 spiro atoms. The van der Waals surface area contributed by atoms with E-state index in [1.54, 1.807) is 0 Å². The van der Waals surface area contributed by atoms with Crippen molar-refractivity contribution in [2.45, 2.75) is 25.4 Å². The van der Waals surface area contributed by atoms with Gasteiger partial charge in [-0.1, -0.05) is 31.2 Å². The normalized spacial score (nSPS) is 29.8. The van der Waals surface area contributed by atoms with Gasteiger partial charge < -0.3 is 15.8 Å². The SMILES string of the molecule is CC1(CNC2CC(N)c3ccccc32)COC1. The summed E-state index contributed by atoms with van der Waals surface area (Å²) in [6, 6.07) is 9.12. The van der Waals surface area contributed by atoms with E-state index in [1.807, 2.05) is 0 Å². The number of ether oxygens (including phenoxy) is 1. The molecule has 92 valence electrons. The van der Waals surface area contributed by atoms with Crippen LogP contribution in [0.25, 0.3) is 0 Å². The first kappa shape index (κ1) is 11.2. The Morgan fingerprint density at radius 1 is 1.35 bits per heavy atom. The molecular formula is C14H20N2O. The molecule has 1 aliphatic heterocycles. The summed E-state index contributed by atoms with van der Waals surface area (Å²) in [4.78, 5) is 0. The fraction of sp³-hybridized carbons (Fsp3) is 0.571. The summed E-state index contributed by atoms with van der Waals surface area (Å²) in [6.07, 6.45) is 1.01. The van der Waals surface area contributed by atoms with Gasteiger partial charge in [-0.3, -0.25) is 0 Å². The van der Waals surface area contributed by atoms with Crippen molar-refractivity contribution in [2.75, 3.05) is 19.8 Å². The van der Waals surface area contributed by atoms with E-state index in [2.05, 4.69) is 36.5 Å². The molecule has 2 atom stereocenters. The minimum Gasteiger partial charge on any atom is -0.380 e. The number of nitrogens with two attached hydrogens (primary N) is 1. The number of rotatable bonds is 3. The summed E-state index contributed by atoms with van der Waals surface area (Å²) in [5.41, 5.74) is 9.16. The maximum atomic E-state index is 6.16. The molecule has 3 nitrogen and oxygen atoms in total. The van der Waals surface area contributed by atoms with Crippen molar-refractivity contribution in [3.05, 3.63) is 35.4 Å². The van der Waals surface area contributed by atoms with Crippen molar-refractivity contribution in [3.8, 4) is 0 Å². The van der Waals surface area contributed by atoms with Gasteiger partial charge >= 0.3 is 0 Å². The molecule has 2 aliphatic rings. The van der Waals surface area contributed by atoms with Crippen LogP contribution in [-0.2, 0) is 4.74 Å². The van der Waals surface area contributed by atoms with E-state index in [1.165, 1.54) is 11.1 Å². The summed E-state index contributed by atoms with van der Waals surface area (Å²) in [6.45, 7) is 5.03. The average molecular weight is 232 g/mol. The van der Waals surface area contributed by atoms with Crippen LogP contribution in [0.15, 0.2) is 24.3 Å². The number of hydrogen-bond donors (Lipinski definition) is 2. The van der Waals surface area contributed by atoms with Crippen molar-refractivity contribution in [2.24, 2.45) is 11.1 Å². The van der Waals surface area contributed by atoms with Gasteiger partial charge in [0.25, 0.3) is 0 Å². The Bertz CT molecular complexity index is 414. The Balaban J connectivity index is 1.69. The fourth-order valence-corrected chi connectivity index (χ4v) is 2.79. The van der Waals surface area contributed by atoms with Crippen LogP contribution in [0.3, 0.4) is 0 Å². The number of hydrogen-bond acceptors (Lipinski definition) is 3. The molecular weight excluding hydrogens is 212 g/mol. The highest BCUT2D eigenvalue weighted by Crippen LogP contribution is 2.37. The van der Waals surface area contributed by atoms with Crippen LogP contribution in [0.4, 0.5) is 0 Å². The highest BCUT2D eigenvalue weighted by molar-refractivity contribution is 5.37. The molecule has 1 aromatic carbocycles. The van der Waals surface area contributed by atoms with E-state index < -0.39 is 0 Å². The van der Waals surface area contributed by atoms with Crippen molar-refractivity contribution < 1.29 is 4.74 Å². The highest BCUT2D eigenvalue weighted by atomic mass is 16.5. The molecule has 0 aromatic heterocycles. The number of fused-ring (bicyclic) bond motifs is 1. The summed E-state index contributed by atoms with van der Waals surface area (Å²) in [7, 11) is 0. The van der Waals surface area contributed by atoms with Crippen molar-refractivity contribution >= 4 is 0 Å². The van der Waals surface area contributed by atoms with Gasteiger partial charge in [-0.2, -0.15) is 0 Å². The number of nitrogens with one attached hydrogen (secondary N) is 1. The molecule has 0 saturated carbocycles. The van der Waals surface area contributed by atoms with Gasteiger partial charge in [0, 0.05) is 24.0 Å². The Hall–Kier alpha value is -0.900. The van der Waals surface area contributed by atoms with Crippen LogP contribution in [-0.4, -0.2) is 19.8 Å². The van der Waals surface area contributed by atoms with E-state index in [0.717, 1.165) is 26.2 Å². The van der Waals surface area contributed by atoms with E-state index in [9.17, 15) is 0 Å². The summed E-state index contributed by atoms with van der Waals surface area (Å²) in [5, 5.41) is 3.65. The van der Waals surface area contributed by atoms with Crippen molar-refractivity contribution in [3.63, 3.8) is 0 Å². The predicted octanol–water partition coefficient (Wildman–Crippen LogP) is 1.76. The average Bonchev–Trinajstić information content (AvgIpc) is 2.62. The Morgan fingerprint density at radius 3 is 2.71 bits per heavy atom. The summed E-state index contributed by atoms with van der Waals surface area (Å²) >= 11 is 0. The molecule has 1 fully saturated rings. The molecule has 1 heterocycles. The molecule has 1 aromatic rings. The first-order valence-electron chi connectivity index (χ1n) is 6.33. The highest BCUT2D eigenvalue weighted by Gasteiger charge is 2.35. The standard InChI is InChI=1S/C14H20N2O/c1-14(8-17-9-14)7-16-13-6-12(15)10-4-2-3-5-11(10)13/h2-5,12-13,16H,6-9,15H2,1H3. The van der Waals surface area contributed by atoms with Crippen LogP contribution in [0.1, 0.15) is 36.6 Å². The summed E-state index contributed by atoms with van der Waals surface area (Å²) in [5.74, 6) is 0. The van der Waals surface area contributed by atoms with Crippen molar-refractivity contribution in [1.29, 1.82) is 0 Å². The first-order valence-corrected chi connectivity index (χ1v) is 6.33. The molecule has 3 heteroatoms. The van der Waals surface area contributed by atoms with Crippen LogP contribution < -0.4 is 11.1 Å². The van der Waals surface area contributed by atoms with E-state index in [-0.39, 0.29) is 6.04 Å². The van der Waals surface area contributed by atoms with Crippen LogP contribution >= 0.6 is 0 Å². The predicted molar refractivity (Wildman–Crippen MR) is 67.7 cm³/mol. The minimum absolute atomic E-state index is 0.189. The van der Waals surface area contributed by atoms with Gasteiger partial charge in [0.15, 0.2) is 0 Å².